The second kappa shape index (κ2) is 6.69. The van der Waals surface area contributed by atoms with E-state index in [4.69, 9.17) is 0 Å². The molecule has 6 nitrogen and oxygen atoms in total. The first-order valence-electron chi connectivity index (χ1n) is 6.75. The summed E-state index contributed by atoms with van der Waals surface area (Å²) in [5.74, 6) is 0.597. The van der Waals surface area contributed by atoms with E-state index in [-0.39, 0.29) is 0 Å². The molecule has 0 aliphatic rings. The third-order valence-electron chi connectivity index (χ3n) is 3.02. The zero-order valence-electron chi connectivity index (χ0n) is 12.3. The van der Waals surface area contributed by atoms with Crippen molar-refractivity contribution in [3.8, 4) is 0 Å². The fourth-order valence-electron chi connectivity index (χ4n) is 1.99. The largest absolute Gasteiger partial charge is 0.347 e. The lowest BCUT2D eigenvalue weighted by Crippen LogP contribution is -2.27. The van der Waals surface area contributed by atoms with Gasteiger partial charge in [0.2, 0.25) is 10.0 Å². The minimum atomic E-state index is -3.55. The molecule has 3 N–H and O–H groups in total. The molecule has 2 heterocycles. The van der Waals surface area contributed by atoms with E-state index in [1.54, 1.807) is 25.4 Å². The zero-order valence-corrected chi connectivity index (χ0v) is 13.9. The maximum atomic E-state index is 12.5. The smallest absolute Gasteiger partial charge is 0.242 e. The lowest BCUT2D eigenvalue weighted by atomic mass is 10.3. The van der Waals surface area contributed by atoms with Gasteiger partial charge in [0, 0.05) is 28.7 Å². The number of rotatable bonds is 7. The Balaban J connectivity index is 2.17. The molecule has 1 atom stereocenters. The van der Waals surface area contributed by atoms with E-state index < -0.39 is 16.1 Å². The van der Waals surface area contributed by atoms with E-state index in [2.05, 4.69) is 20.0 Å². The average Bonchev–Trinajstić information content (AvgIpc) is 3.05. The lowest BCUT2D eigenvalue weighted by Gasteiger charge is -2.11. The van der Waals surface area contributed by atoms with Gasteiger partial charge in [0.25, 0.3) is 0 Å². The van der Waals surface area contributed by atoms with E-state index in [1.165, 1.54) is 11.3 Å². The van der Waals surface area contributed by atoms with Crippen molar-refractivity contribution in [2.75, 3.05) is 6.54 Å². The molecule has 0 aliphatic heterocycles. The summed E-state index contributed by atoms with van der Waals surface area (Å²) >= 11 is 1.50. The first-order valence-corrected chi connectivity index (χ1v) is 9.05. The second-order valence-corrected chi connectivity index (χ2v) is 7.75. The van der Waals surface area contributed by atoms with E-state index in [9.17, 15) is 8.42 Å². The number of aromatic amines is 1. The van der Waals surface area contributed by atoms with Gasteiger partial charge in [-0.15, -0.1) is 11.3 Å². The fraction of sp³-hybridized carbons (Fsp3) is 0.462. The predicted octanol–water partition coefficient (Wildman–Crippen LogP) is 1.93. The normalized spacial score (nSPS) is 13.5. The molecule has 2 aromatic heterocycles. The summed E-state index contributed by atoms with van der Waals surface area (Å²) in [6, 6.07) is 1.33. The molecule has 0 amide bonds. The summed E-state index contributed by atoms with van der Waals surface area (Å²) in [7, 11) is -3.55. The van der Waals surface area contributed by atoms with Crippen LogP contribution in [0.3, 0.4) is 0 Å². The Kier molecular flexibility index (Phi) is 5.15. The van der Waals surface area contributed by atoms with Crippen molar-refractivity contribution >= 4 is 21.4 Å². The molecule has 0 bridgehead atoms. The molecule has 0 aliphatic carbocycles. The van der Waals surface area contributed by atoms with E-state index in [0.717, 1.165) is 16.3 Å². The molecule has 8 heteroatoms. The van der Waals surface area contributed by atoms with Gasteiger partial charge >= 0.3 is 0 Å². The third kappa shape index (κ3) is 3.91. The van der Waals surface area contributed by atoms with Crippen LogP contribution in [0.5, 0.6) is 0 Å². The van der Waals surface area contributed by atoms with Gasteiger partial charge in [0.05, 0.1) is 10.9 Å². The zero-order chi connectivity index (χ0) is 15.5. The van der Waals surface area contributed by atoms with E-state index >= 15 is 0 Å². The molecule has 0 saturated heterocycles. The van der Waals surface area contributed by atoms with Gasteiger partial charge in [-0.25, -0.2) is 18.1 Å². The Morgan fingerprint density at radius 1 is 1.48 bits per heavy atom. The summed E-state index contributed by atoms with van der Waals surface area (Å²) in [6.07, 6.45) is 3.27. The second-order valence-electron chi connectivity index (χ2n) is 4.73. The third-order valence-corrected chi connectivity index (χ3v) is 5.87. The number of aryl methyl sites for hydroxylation is 1. The van der Waals surface area contributed by atoms with Crippen molar-refractivity contribution < 1.29 is 8.42 Å². The molecule has 0 radical (unpaired) electrons. The molecular weight excluding hydrogens is 308 g/mol. The number of sulfonamides is 1. The van der Waals surface area contributed by atoms with Crippen LogP contribution in [0.15, 0.2) is 23.4 Å². The number of hydrogen-bond acceptors (Lipinski definition) is 5. The summed E-state index contributed by atoms with van der Waals surface area (Å²) in [4.78, 5) is 9.14. The van der Waals surface area contributed by atoms with Crippen molar-refractivity contribution in [2.24, 2.45) is 0 Å². The highest BCUT2D eigenvalue weighted by Crippen LogP contribution is 2.26. The van der Waals surface area contributed by atoms with Crippen LogP contribution in [0.25, 0.3) is 0 Å². The predicted molar refractivity (Wildman–Crippen MR) is 83.8 cm³/mol. The molecule has 0 saturated carbocycles. The molecular formula is C13H20N4O2S2. The highest BCUT2D eigenvalue weighted by atomic mass is 32.2. The number of nitrogens with one attached hydrogen (secondary N) is 3. The molecule has 116 valence electrons. The minimum Gasteiger partial charge on any atom is -0.347 e. The number of aromatic nitrogens is 2. The Bertz CT molecular complexity index is 677. The van der Waals surface area contributed by atoms with Gasteiger partial charge < -0.3 is 10.3 Å². The molecule has 0 fully saturated rings. The van der Waals surface area contributed by atoms with Crippen LogP contribution in [-0.2, 0) is 16.6 Å². The van der Waals surface area contributed by atoms with Crippen LogP contribution in [0, 0.1) is 6.92 Å². The van der Waals surface area contributed by atoms with Crippen LogP contribution >= 0.6 is 11.3 Å². The first kappa shape index (κ1) is 16.2. The average molecular weight is 328 g/mol. The van der Waals surface area contributed by atoms with Crippen molar-refractivity contribution in [1.82, 2.24) is 20.0 Å². The standard InChI is InChI=1S/C13H20N4O2S2/c1-4-14-8-11-7-12(10(3)20-11)21(18,19)17-9(2)13-15-5-6-16-13/h5-7,9,14,17H,4,8H2,1-3H3,(H,15,16). The molecule has 1 unspecified atom stereocenters. The Morgan fingerprint density at radius 3 is 2.86 bits per heavy atom. The Hall–Kier alpha value is -1.22. The van der Waals surface area contributed by atoms with E-state index in [0.29, 0.717) is 17.3 Å². The van der Waals surface area contributed by atoms with Gasteiger partial charge in [0.15, 0.2) is 0 Å². The molecule has 2 rings (SSSR count). The van der Waals surface area contributed by atoms with Crippen LogP contribution in [0.2, 0.25) is 0 Å². The number of nitrogens with zero attached hydrogens (tertiary/aromatic N) is 1. The van der Waals surface area contributed by atoms with Crippen LogP contribution < -0.4 is 10.0 Å². The van der Waals surface area contributed by atoms with Crippen molar-refractivity contribution in [3.05, 3.63) is 34.0 Å². The number of H-pyrrole nitrogens is 1. The van der Waals surface area contributed by atoms with Crippen LogP contribution in [0.1, 0.15) is 35.5 Å². The first-order chi connectivity index (χ1) is 9.94. The maximum Gasteiger partial charge on any atom is 0.242 e. The summed E-state index contributed by atoms with van der Waals surface area (Å²) in [5, 5.41) is 3.20. The van der Waals surface area contributed by atoms with E-state index in [1.807, 2.05) is 13.8 Å². The lowest BCUT2D eigenvalue weighted by molar-refractivity contribution is 0.561. The molecule has 21 heavy (non-hydrogen) atoms. The van der Waals surface area contributed by atoms with Crippen LogP contribution in [0.4, 0.5) is 0 Å². The highest BCUT2D eigenvalue weighted by Gasteiger charge is 2.23. The SMILES string of the molecule is CCNCc1cc(S(=O)(=O)NC(C)c2ncc[nH]2)c(C)s1. The fourth-order valence-corrected chi connectivity index (χ4v) is 4.81. The Labute approximate surface area is 129 Å². The van der Waals surface area contributed by atoms with Gasteiger partial charge in [-0.05, 0) is 26.5 Å². The topological polar surface area (TPSA) is 86.9 Å². The monoisotopic (exact) mass is 328 g/mol. The van der Waals surface area contributed by atoms with Crippen molar-refractivity contribution in [3.63, 3.8) is 0 Å². The Morgan fingerprint density at radius 2 is 2.24 bits per heavy atom. The minimum absolute atomic E-state index is 0.346. The van der Waals surface area contributed by atoms with Crippen molar-refractivity contribution in [1.29, 1.82) is 0 Å². The van der Waals surface area contributed by atoms with Crippen LogP contribution in [-0.4, -0.2) is 24.9 Å². The quantitative estimate of drug-likeness (QED) is 0.725. The number of thiophene rings is 1. The summed E-state index contributed by atoms with van der Waals surface area (Å²) in [5.41, 5.74) is 0. The number of hydrogen-bond donors (Lipinski definition) is 3. The molecule has 2 aromatic rings. The van der Waals surface area contributed by atoms with Gasteiger partial charge in [-0.2, -0.15) is 0 Å². The highest BCUT2D eigenvalue weighted by molar-refractivity contribution is 7.89. The molecule has 0 aromatic carbocycles. The summed E-state index contributed by atoms with van der Waals surface area (Å²) < 4.78 is 27.6. The van der Waals surface area contributed by atoms with Gasteiger partial charge in [0.1, 0.15) is 5.82 Å². The molecule has 0 spiro atoms. The number of imidazole rings is 1. The summed E-state index contributed by atoms with van der Waals surface area (Å²) in [6.45, 7) is 7.15. The van der Waals surface area contributed by atoms with Crippen molar-refractivity contribution in [2.45, 2.75) is 38.3 Å². The van der Waals surface area contributed by atoms with Gasteiger partial charge in [-0.1, -0.05) is 6.92 Å². The maximum absolute atomic E-state index is 12.5. The van der Waals surface area contributed by atoms with Gasteiger partial charge in [-0.3, -0.25) is 0 Å².